The molecule has 0 saturated carbocycles. The Labute approximate surface area is 149 Å². The SMILES string of the molecule is CCN(CC)C(=S)Nc1ccccc1C(O)c1ccc(OC)cc1. The maximum atomic E-state index is 10.8. The van der Waals surface area contributed by atoms with E-state index >= 15 is 0 Å². The topological polar surface area (TPSA) is 44.7 Å². The first-order valence-electron chi connectivity index (χ1n) is 8.07. The number of rotatable bonds is 6. The van der Waals surface area contributed by atoms with E-state index in [1.165, 1.54) is 0 Å². The fourth-order valence-electron chi connectivity index (χ4n) is 2.52. The minimum atomic E-state index is -0.737. The number of ether oxygens (including phenoxy) is 1. The van der Waals surface area contributed by atoms with Crippen LogP contribution < -0.4 is 10.1 Å². The minimum Gasteiger partial charge on any atom is -0.497 e. The number of para-hydroxylation sites is 1. The highest BCUT2D eigenvalue weighted by Crippen LogP contribution is 2.29. The van der Waals surface area contributed by atoms with Gasteiger partial charge in [0, 0.05) is 24.3 Å². The molecule has 0 aliphatic heterocycles. The molecule has 0 saturated heterocycles. The van der Waals surface area contributed by atoms with Crippen LogP contribution in [0.25, 0.3) is 0 Å². The first-order chi connectivity index (χ1) is 11.6. The molecule has 0 aliphatic rings. The first-order valence-corrected chi connectivity index (χ1v) is 8.48. The monoisotopic (exact) mass is 344 g/mol. The van der Waals surface area contributed by atoms with Gasteiger partial charge in [-0.1, -0.05) is 30.3 Å². The van der Waals surface area contributed by atoms with E-state index in [4.69, 9.17) is 17.0 Å². The lowest BCUT2D eigenvalue weighted by atomic mass is 10.00. The van der Waals surface area contributed by atoms with E-state index in [1.54, 1.807) is 7.11 Å². The Bertz CT molecular complexity index is 669. The van der Waals surface area contributed by atoms with E-state index in [9.17, 15) is 5.11 Å². The number of nitrogens with zero attached hydrogens (tertiary/aromatic N) is 1. The average molecular weight is 344 g/mol. The van der Waals surface area contributed by atoms with Gasteiger partial charge in [-0.3, -0.25) is 0 Å². The summed E-state index contributed by atoms with van der Waals surface area (Å²) in [5, 5.41) is 14.7. The molecule has 2 N–H and O–H groups in total. The molecule has 24 heavy (non-hydrogen) atoms. The second kappa shape index (κ2) is 8.66. The smallest absolute Gasteiger partial charge is 0.173 e. The Kier molecular flexibility index (Phi) is 6.58. The minimum absolute atomic E-state index is 0.661. The fraction of sp³-hybridized carbons (Fsp3) is 0.316. The van der Waals surface area contributed by atoms with E-state index in [1.807, 2.05) is 48.5 Å². The standard InChI is InChI=1S/C19H24N2O2S/c1-4-21(5-2)19(24)20-17-9-7-6-8-16(17)18(22)14-10-12-15(23-3)13-11-14/h6-13,18,22H,4-5H2,1-3H3,(H,20,24). The summed E-state index contributed by atoms with van der Waals surface area (Å²) in [4.78, 5) is 2.06. The van der Waals surface area contributed by atoms with Gasteiger partial charge >= 0.3 is 0 Å². The lowest BCUT2D eigenvalue weighted by Crippen LogP contribution is -2.34. The van der Waals surface area contributed by atoms with Gasteiger partial charge in [0.25, 0.3) is 0 Å². The molecule has 0 fully saturated rings. The molecule has 4 nitrogen and oxygen atoms in total. The molecular formula is C19H24N2O2S. The van der Waals surface area contributed by atoms with Crippen LogP contribution in [-0.2, 0) is 0 Å². The highest BCUT2D eigenvalue weighted by atomic mass is 32.1. The number of thiocarbonyl (C=S) groups is 1. The fourth-order valence-corrected chi connectivity index (χ4v) is 2.89. The molecule has 0 aliphatic carbocycles. The zero-order chi connectivity index (χ0) is 17.5. The molecule has 2 rings (SSSR count). The Balaban J connectivity index is 2.25. The van der Waals surface area contributed by atoms with Crippen molar-refractivity contribution in [2.75, 3.05) is 25.5 Å². The number of nitrogens with one attached hydrogen (secondary N) is 1. The molecule has 0 bridgehead atoms. The van der Waals surface area contributed by atoms with Crippen LogP contribution in [0.4, 0.5) is 5.69 Å². The molecule has 128 valence electrons. The zero-order valence-corrected chi connectivity index (χ0v) is 15.1. The van der Waals surface area contributed by atoms with Crippen LogP contribution in [0.15, 0.2) is 48.5 Å². The molecule has 2 aromatic carbocycles. The number of aliphatic hydroxyl groups is 1. The second-order valence-electron chi connectivity index (χ2n) is 5.37. The van der Waals surface area contributed by atoms with Crippen molar-refractivity contribution in [1.82, 2.24) is 4.90 Å². The normalized spacial score (nSPS) is 11.7. The van der Waals surface area contributed by atoms with Crippen LogP contribution in [0.5, 0.6) is 5.75 Å². The summed E-state index contributed by atoms with van der Waals surface area (Å²) in [6.45, 7) is 5.81. The van der Waals surface area contributed by atoms with Crippen LogP contribution in [0, 0.1) is 0 Å². The summed E-state index contributed by atoms with van der Waals surface area (Å²) >= 11 is 5.47. The molecule has 0 spiro atoms. The van der Waals surface area contributed by atoms with Gasteiger partial charge in [-0.25, -0.2) is 0 Å². The lowest BCUT2D eigenvalue weighted by molar-refractivity contribution is 0.221. The van der Waals surface area contributed by atoms with E-state index in [-0.39, 0.29) is 0 Å². The van der Waals surface area contributed by atoms with Gasteiger partial charge < -0.3 is 20.1 Å². The molecule has 1 atom stereocenters. The van der Waals surface area contributed by atoms with Crippen LogP contribution >= 0.6 is 12.2 Å². The van der Waals surface area contributed by atoms with Crippen molar-refractivity contribution >= 4 is 23.0 Å². The van der Waals surface area contributed by atoms with Crippen molar-refractivity contribution in [3.8, 4) is 5.75 Å². The van der Waals surface area contributed by atoms with Crippen molar-refractivity contribution < 1.29 is 9.84 Å². The summed E-state index contributed by atoms with van der Waals surface area (Å²) in [7, 11) is 1.62. The van der Waals surface area contributed by atoms with Gasteiger partial charge in [0.15, 0.2) is 5.11 Å². The average Bonchev–Trinajstić information content (AvgIpc) is 2.62. The first kappa shape index (κ1) is 18.2. The van der Waals surface area contributed by atoms with E-state index in [0.29, 0.717) is 5.11 Å². The molecular weight excluding hydrogens is 320 g/mol. The number of methoxy groups -OCH3 is 1. The van der Waals surface area contributed by atoms with Gasteiger partial charge in [0.2, 0.25) is 0 Å². The number of hydrogen-bond donors (Lipinski definition) is 2. The maximum Gasteiger partial charge on any atom is 0.173 e. The molecule has 5 heteroatoms. The van der Waals surface area contributed by atoms with Gasteiger partial charge in [-0.2, -0.15) is 0 Å². The van der Waals surface area contributed by atoms with E-state index in [2.05, 4.69) is 24.1 Å². The van der Waals surface area contributed by atoms with Gasteiger partial charge in [-0.05, 0) is 49.8 Å². The third kappa shape index (κ3) is 4.24. The van der Waals surface area contributed by atoms with Crippen LogP contribution in [-0.4, -0.2) is 35.3 Å². The summed E-state index contributed by atoms with van der Waals surface area (Å²) in [6.07, 6.45) is -0.737. The lowest BCUT2D eigenvalue weighted by Gasteiger charge is -2.24. The summed E-state index contributed by atoms with van der Waals surface area (Å²) in [6, 6.07) is 15.1. The maximum absolute atomic E-state index is 10.8. The zero-order valence-electron chi connectivity index (χ0n) is 14.3. The number of hydrogen-bond acceptors (Lipinski definition) is 3. The second-order valence-corrected chi connectivity index (χ2v) is 5.75. The largest absolute Gasteiger partial charge is 0.497 e. The molecule has 0 radical (unpaired) electrons. The Morgan fingerprint density at radius 3 is 2.33 bits per heavy atom. The van der Waals surface area contributed by atoms with Crippen molar-refractivity contribution in [1.29, 1.82) is 0 Å². The molecule has 0 aromatic heterocycles. The summed E-state index contributed by atoms with van der Waals surface area (Å²) in [5.74, 6) is 0.764. The van der Waals surface area contributed by atoms with Crippen LogP contribution in [0.3, 0.4) is 0 Å². The predicted molar refractivity (Wildman–Crippen MR) is 103 cm³/mol. The Morgan fingerprint density at radius 1 is 1.12 bits per heavy atom. The third-order valence-electron chi connectivity index (χ3n) is 3.98. The van der Waals surface area contributed by atoms with Gasteiger partial charge in [0.1, 0.15) is 11.9 Å². The number of benzene rings is 2. The van der Waals surface area contributed by atoms with Crippen LogP contribution in [0.2, 0.25) is 0 Å². The van der Waals surface area contributed by atoms with Crippen LogP contribution in [0.1, 0.15) is 31.1 Å². The Morgan fingerprint density at radius 2 is 1.75 bits per heavy atom. The van der Waals surface area contributed by atoms with Gasteiger partial charge in [0.05, 0.1) is 7.11 Å². The highest BCUT2D eigenvalue weighted by Gasteiger charge is 2.16. The summed E-state index contributed by atoms with van der Waals surface area (Å²) in [5.41, 5.74) is 2.41. The van der Waals surface area contributed by atoms with Crippen molar-refractivity contribution in [2.45, 2.75) is 20.0 Å². The summed E-state index contributed by atoms with van der Waals surface area (Å²) < 4.78 is 5.17. The Hall–Kier alpha value is -2.11. The van der Waals surface area contributed by atoms with Gasteiger partial charge in [-0.15, -0.1) is 0 Å². The number of anilines is 1. The van der Waals surface area contributed by atoms with E-state index in [0.717, 1.165) is 35.7 Å². The third-order valence-corrected chi connectivity index (χ3v) is 4.34. The molecule has 2 aromatic rings. The molecule has 0 heterocycles. The highest BCUT2D eigenvalue weighted by molar-refractivity contribution is 7.80. The van der Waals surface area contributed by atoms with Crippen molar-refractivity contribution in [3.05, 3.63) is 59.7 Å². The van der Waals surface area contributed by atoms with E-state index < -0.39 is 6.10 Å². The number of aliphatic hydroxyl groups excluding tert-OH is 1. The van der Waals surface area contributed by atoms with Crippen molar-refractivity contribution in [2.24, 2.45) is 0 Å². The molecule has 1 unspecified atom stereocenters. The quantitative estimate of drug-likeness (QED) is 0.780. The predicted octanol–water partition coefficient (Wildman–Crippen LogP) is 3.82. The van der Waals surface area contributed by atoms with Crippen molar-refractivity contribution in [3.63, 3.8) is 0 Å². The molecule has 0 amide bonds.